The average molecular weight is 568 g/mol. The summed E-state index contributed by atoms with van der Waals surface area (Å²) < 4.78 is 27.7. The molecule has 0 spiro atoms. The number of nitrogens with one attached hydrogen (secondary N) is 2. The number of thioether (sulfide) groups is 1. The summed E-state index contributed by atoms with van der Waals surface area (Å²) in [6.07, 6.45) is 0. The summed E-state index contributed by atoms with van der Waals surface area (Å²) in [6, 6.07) is 16.3. The molecule has 0 aromatic heterocycles. The van der Waals surface area contributed by atoms with Gasteiger partial charge in [0.05, 0.1) is 16.2 Å². The molecule has 3 aromatic carbocycles. The van der Waals surface area contributed by atoms with Crippen molar-refractivity contribution in [1.29, 1.82) is 0 Å². The molecule has 0 radical (unpaired) electrons. The van der Waals surface area contributed by atoms with Gasteiger partial charge in [-0.25, -0.2) is 18.4 Å². The third-order valence-corrected chi connectivity index (χ3v) is 6.85. The molecule has 13 heteroatoms. The molecule has 0 aliphatic carbocycles. The van der Waals surface area contributed by atoms with E-state index in [2.05, 4.69) is 10.6 Å². The van der Waals surface area contributed by atoms with E-state index in [1.807, 2.05) is 0 Å². The average Bonchev–Trinajstić information content (AvgIpc) is 2.80. The number of sulfonamides is 1. The van der Waals surface area contributed by atoms with E-state index in [9.17, 15) is 22.8 Å². The molecule has 0 saturated carbocycles. The second-order valence-corrected chi connectivity index (χ2v) is 10.6. The number of halogens is 2. The van der Waals surface area contributed by atoms with Gasteiger partial charge in [0.25, 0.3) is 5.91 Å². The van der Waals surface area contributed by atoms with Gasteiger partial charge in [-0.2, -0.15) is 0 Å². The summed E-state index contributed by atoms with van der Waals surface area (Å²) in [5.41, 5.74) is 0.925. The van der Waals surface area contributed by atoms with Gasteiger partial charge in [0.1, 0.15) is 0 Å². The number of hydrogen-bond donors (Lipinski definition) is 3. The Morgan fingerprint density at radius 3 is 2.11 bits per heavy atom. The van der Waals surface area contributed by atoms with Crippen molar-refractivity contribution in [3.8, 4) is 0 Å². The molecule has 188 valence electrons. The molecule has 36 heavy (non-hydrogen) atoms. The number of rotatable bonds is 9. The fourth-order valence-corrected chi connectivity index (χ4v) is 4.74. The summed E-state index contributed by atoms with van der Waals surface area (Å²) in [4.78, 5) is 37.4. The fraction of sp³-hybridized carbons (Fsp3) is 0.0870. The van der Waals surface area contributed by atoms with Crippen LogP contribution in [0.4, 0.5) is 11.4 Å². The molecular weight excluding hydrogens is 549 g/mol. The third-order valence-electron chi connectivity index (χ3n) is 4.41. The summed E-state index contributed by atoms with van der Waals surface area (Å²) in [5, 5.41) is 11.0. The Bertz CT molecular complexity index is 1380. The second-order valence-electron chi connectivity index (χ2n) is 7.18. The number of ether oxygens (including phenoxy) is 1. The van der Waals surface area contributed by atoms with Crippen LogP contribution in [0.1, 0.15) is 10.4 Å². The van der Waals surface area contributed by atoms with Crippen molar-refractivity contribution in [1.82, 2.24) is 0 Å². The fourth-order valence-electron chi connectivity index (χ4n) is 2.86. The van der Waals surface area contributed by atoms with Gasteiger partial charge in [-0.1, -0.05) is 35.3 Å². The van der Waals surface area contributed by atoms with Crippen LogP contribution in [0.3, 0.4) is 0 Å². The third kappa shape index (κ3) is 8.25. The Morgan fingerprint density at radius 1 is 0.861 bits per heavy atom. The van der Waals surface area contributed by atoms with E-state index < -0.39 is 28.5 Å². The number of anilines is 2. The molecule has 3 rings (SSSR count). The summed E-state index contributed by atoms with van der Waals surface area (Å²) >= 11 is 13.0. The molecular formula is C23H19Cl2N3O6S2. The molecule has 0 unspecified atom stereocenters. The number of nitrogens with two attached hydrogens (primary N) is 1. The van der Waals surface area contributed by atoms with Crippen molar-refractivity contribution in [3.05, 3.63) is 82.3 Å². The van der Waals surface area contributed by atoms with Gasteiger partial charge in [-0.05, 0) is 54.6 Å². The second kappa shape index (κ2) is 12.2. The largest absolute Gasteiger partial charge is 0.452 e. The van der Waals surface area contributed by atoms with Crippen LogP contribution in [-0.2, 0) is 24.3 Å². The predicted molar refractivity (Wildman–Crippen MR) is 139 cm³/mol. The Kier molecular flexibility index (Phi) is 9.35. The monoisotopic (exact) mass is 567 g/mol. The minimum atomic E-state index is -3.85. The normalized spacial score (nSPS) is 11.0. The topological polar surface area (TPSA) is 145 Å². The maximum Gasteiger partial charge on any atom is 0.339 e. The van der Waals surface area contributed by atoms with E-state index in [-0.39, 0.29) is 22.1 Å². The number of amides is 2. The van der Waals surface area contributed by atoms with Gasteiger partial charge in [-0.3, -0.25) is 9.59 Å². The van der Waals surface area contributed by atoms with Crippen molar-refractivity contribution in [2.75, 3.05) is 23.0 Å². The van der Waals surface area contributed by atoms with Gasteiger partial charge in [0.15, 0.2) is 6.61 Å². The molecule has 0 aliphatic heterocycles. The maximum absolute atomic E-state index is 12.6. The lowest BCUT2D eigenvalue weighted by atomic mass is 10.2. The van der Waals surface area contributed by atoms with Crippen LogP contribution in [0, 0.1) is 0 Å². The first kappa shape index (κ1) is 27.5. The molecule has 0 fully saturated rings. The maximum atomic E-state index is 12.6. The van der Waals surface area contributed by atoms with Gasteiger partial charge >= 0.3 is 5.97 Å². The van der Waals surface area contributed by atoms with Crippen LogP contribution in [0.25, 0.3) is 0 Å². The van der Waals surface area contributed by atoms with Crippen molar-refractivity contribution >= 4 is 74.1 Å². The Labute approximate surface area is 221 Å². The van der Waals surface area contributed by atoms with Gasteiger partial charge in [-0.15, -0.1) is 11.8 Å². The summed E-state index contributed by atoms with van der Waals surface area (Å²) in [5.74, 6) is -1.73. The van der Waals surface area contributed by atoms with Crippen LogP contribution in [0.15, 0.2) is 76.5 Å². The van der Waals surface area contributed by atoms with Crippen LogP contribution < -0.4 is 15.8 Å². The first-order valence-corrected chi connectivity index (χ1v) is 13.4. The zero-order valence-electron chi connectivity index (χ0n) is 18.4. The highest BCUT2D eigenvalue weighted by molar-refractivity contribution is 8.00. The predicted octanol–water partition coefficient (Wildman–Crippen LogP) is 4.17. The minimum absolute atomic E-state index is 0.0105. The van der Waals surface area contributed by atoms with Crippen molar-refractivity contribution in [3.63, 3.8) is 0 Å². The number of esters is 1. The molecule has 2 amide bonds. The smallest absolute Gasteiger partial charge is 0.339 e. The van der Waals surface area contributed by atoms with Gasteiger partial charge in [0.2, 0.25) is 15.9 Å². The molecule has 4 N–H and O–H groups in total. The standard InChI is InChI=1S/C23H19Cl2N3O6S2/c24-14-9-15(25)11-17(10-14)28-22(30)13-35-20-4-2-1-3-19(20)23(31)34-12-21(29)27-16-5-7-18(8-6-16)36(26,32)33/h1-11H,12-13H2,(H,27,29)(H,28,30)(H2,26,32,33). The molecule has 0 aliphatic rings. The highest BCUT2D eigenvalue weighted by Gasteiger charge is 2.16. The van der Waals surface area contributed by atoms with E-state index in [1.165, 1.54) is 30.3 Å². The number of carbonyl (C=O) groups is 3. The number of primary sulfonamides is 1. The van der Waals surface area contributed by atoms with Crippen molar-refractivity contribution in [2.45, 2.75) is 9.79 Å². The van der Waals surface area contributed by atoms with E-state index in [4.69, 9.17) is 33.1 Å². The highest BCUT2D eigenvalue weighted by Crippen LogP contribution is 2.25. The first-order chi connectivity index (χ1) is 17.0. The van der Waals surface area contributed by atoms with Crippen molar-refractivity contribution in [2.24, 2.45) is 5.14 Å². The summed E-state index contributed by atoms with van der Waals surface area (Å²) in [6.45, 7) is -0.579. The van der Waals surface area contributed by atoms with Gasteiger partial charge in [0, 0.05) is 26.3 Å². The molecule has 0 bridgehead atoms. The Hall–Kier alpha value is -3.09. The Balaban J connectivity index is 1.54. The molecule has 0 atom stereocenters. The SMILES string of the molecule is NS(=O)(=O)c1ccc(NC(=O)COC(=O)c2ccccc2SCC(=O)Nc2cc(Cl)cc(Cl)c2)cc1. The zero-order valence-corrected chi connectivity index (χ0v) is 21.5. The lowest BCUT2D eigenvalue weighted by molar-refractivity contribution is -0.119. The van der Waals surface area contributed by atoms with Crippen molar-refractivity contribution < 1.29 is 27.5 Å². The highest BCUT2D eigenvalue weighted by atomic mass is 35.5. The number of carbonyl (C=O) groups excluding carboxylic acids is 3. The lowest BCUT2D eigenvalue weighted by Gasteiger charge is -2.10. The van der Waals surface area contributed by atoms with Crippen LogP contribution >= 0.6 is 35.0 Å². The van der Waals surface area contributed by atoms with Crippen LogP contribution in [0.5, 0.6) is 0 Å². The van der Waals surface area contributed by atoms with Crippen LogP contribution in [-0.4, -0.2) is 38.6 Å². The quantitative estimate of drug-likeness (QED) is 0.260. The van der Waals surface area contributed by atoms with E-state index in [0.717, 1.165) is 11.8 Å². The molecule has 0 saturated heterocycles. The lowest BCUT2D eigenvalue weighted by Crippen LogP contribution is -2.21. The summed E-state index contributed by atoms with van der Waals surface area (Å²) in [7, 11) is -3.85. The minimum Gasteiger partial charge on any atom is -0.452 e. The molecule has 3 aromatic rings. The van der Waals surface area contributed by atoms with Gasteiger partial charge < -0.3 is 15.4 Å². The Morgan fingerprint density at radius 2 is 1.47 bits per heavy atom. The molecule has 9 nitrogen and oxygen atoms in total. The molecule has 0 heterocycles. The first-order valence-electron chi connectivity index (χ1n) is 10.1. The number of benzene rings is 3. The van der Waals surface area contributed by atoms with E-state index in [0.29, 0.717) is 26.3 Å². The van der Waals surface area contributed by atoms with Crippen LogP contribution in [0.2, 0.25) is 10.0 Å². The van der Waals surface area contributed by atoms with E-state index >= 15 is 0 Å². The van der Waals surface area contributed by atoms with E-state index in [1.54, 1.807) is 36.4 Å². The number of hydrogen-bond acceptors (Lipinski definition) is 7. The zero-order chi connectivity index (χ0) is 26.3.